The average molecular weight is 278 g/mol. The van der Waals surface area contributed by atoms with Crippen LogP contribution in [0.4, 0.5) is 4.39 Å². The molecule has 0 aromatic heterocycles. The maximum atomic E-state index is 13.3. The molecule has 1 aromatic rings. The fourth-order valence-corrected chi connectivity index (χ4v) is 2.66. The third-order valence-corrected chi connectivity index (χ3v) is 3.72. The Morgan fingerprint density at radius 1 is 1.45 bits per heavy atom. The maximum absolute atomic E-state index is 13.3. The van der Waals surface area contributed by atoms with Gasteiger partial charge in [0, 0.05) is 33.4 Å². The van der Waals surface area contributed by atoms with Gasteiger partial charge in [0.15, 0.2) is 0 Å². The lowest BCUT2D eigenvalue weighted by Crippen LogP contribution is -2.32. The van der Waals surface area contributed by atoms with Crippen LogP contribution in [-0.2, 0) is 16.0 Å². The Morgan fingerprint density at radius 3 is 2.90 bits per heavy atom. The van der Waals surface area contributed by atoms with Gasteiger partial charge in [-0.3, -0.25) is 4.90 Å². The lowest BCUT2D eigenvalue weighted by atomic mass is 10.1. The molecule has 1 heterocycles. The van der Waals surface area contributed by atoms with E-state index in [1.165, 1.54) is 6.07 Å². The van der Waals surface area contributed by atoms with Gasteiger partial charge in [0.05, 0.1) is 18.3 Å². The van der Waals surface area contributed by atoms with Crippen molar-refractivity contribution >= 4 is 0 Å². The standard InChI is InChI=1S/C15H19FN2O2/c1-19-10-13-6-14(20-2)9-18(13)8-11-3-4-15(16)12(5-11)7-17/h3-5,13-14H,6,8-10H2,1-2H3/t13-,14+/m0/s1. The van der Waals surface area contributed by atoms with Gasteiger partial charge in [0.2, 0.25) is 0 Å². The highest BCUT2D eigenvalue weighted by atomic mass is 19.1. The molecule has 20 heavy (non-hydrogen) atoms. The number of nitrogens with zero attached hydrogens (tertiary/aromatic N) is 2. The van der Waals surface area contributed by atoms with Crippen LogP contribution in [0.1, 0.15) is 17.5 Å². The molecule has 0 aliphatic carbocycles. The SMILES string of the molecule is COC[C@@H]1C[C@@H](OC)CN1Cc1ccc(F)c(C#N)c1. The van der Waals surface area contributed by atoms with Crippen LogP contribution in [0.25, 0.3) is 0 Å². The van der Waals surface area contributed by atoms with Gasteiger partial charge >= 0.3 is 0 Å². The van der Waals surface area contributed by atoms with Gasteiger partial charge in [-0.2, -0.15) is 5.26 Å². The largest absolute Gasteiger partial charge is 0.383 e. The monoisotopic (exact) mass is 278 g/mol. The quantitative estimate of drug-likeness (QED) is 0.825. The lowest BCUT2D eigenvalue weighted by Gasteiger charge is -2.23. The van der Waals surface area contributed by atoms with E-state index >= 15 is 0 Å². The number of nitriles is 1. The molecule has 0 amide bonds. The third kappa shape index (κ3) is 3.34. The fourth-order valence-electron chi connectivity index (χ4n) is 2.66. The van der Waals surface area contributed by atoms with E-state index in [0.717, 1.165) is 18.5 Å². The lowest BCUT2D eigenvalue weighted by molar-refractivity contribution is 0.106. The predicted octanol–water partition coefficient (Wildman–Crippen LogP) is 1.93. The number of likely N-dealkylation sites (tertiary alicyclic amines) is 1. The van der Waals surface area contributed by atoms with E-state index in [1.54, 1.807) is 26.4 Å². The molecule has 108 valence electrons. The molecular weight excluding hydrogens is 259 g/mol. The molecule has 0 unspecified atom stereocenters. The van der Waals surface area contributed by atoms with Crippen LogP contribution in [0.2, 0.25) is 0 Å². The summed E-state index contributed by atoms with van der Waals surface area (Å²) in [6.07, 6.45) is 1.13. The van der Waals surface area contributed by atoms with Gasteiger partial charge in [0.1, 0.15) is 11.9 Å². The first-order valence-electron chi connectivity index (χ1n) is 6.62. The molecule has 0 saturated carbocycles. The van der Waals surface area contributed by atoms with Gasteiger partial charge in [0.25, 0.3) is 0 Å². The van der Waals surface area contributed by atoms with Crippen molar-refractivity contribution in [2.75, 3.05) is 27.4 Å². The van der Waals surface area contributed by atoms with E-state index in [0.29, 0.717) is 19.2 Å². The van der Waals surface area contributed by atoms with E-state index < -0.39 is 5.82 Å². The number of halogens is 1. The number of rotatable bonds is 5. The second-order valence-electron chi connectivity index (χ2n) is 5.06. The summed E-state index contributed by atoms with van der Waals surface area (Å²) in [5, 5.41) is 8.88. The molecule has 0 radical (unpaired) electrons. The van der Waals surface area contributed by atoms with Crippen molar-refractivity contribution in [3.8, 4) is 6.07 Å². The molecule has 5 heteroatoms. The highest BCUT2D eigenvalue weighted by Crippen LogP contribution is 2.23. The van der Waals surface area contributed by atoms with E-state index in [2.05, 4.69) is 4.90 Å². The molecule has 1 aliphatic rings. The van der Waals surface area contributed by atoms with Crippen molar-refractivity contribution in [1.82, 2.24) is 4.90 Å². The first kappa shape index (κ1) is 14.9. The van der Waals surface area contributed by atoms with Crippen molar-refractivity contribution in [2.45, 2.75) is 25.1 Å². The molecule has 1 aliphatic heterocycles. The van der Waals surface area contributed by atoms with E-state index in [1.807, 2.05) is 6.07 Å². The van der Waals surface area contributed by atoms with Crippen LogP contribution in [0.15, 0.2) is 18.2 Å². The number of hydrogen-bond donors (Lipinski definition) is 0. The topological polar surface area (TPSA) is 45.5 Å². The molecule has 2 atom stereocenters. The van der Waals surface area contributed by atoms with Crippen LogP contribution in [0, 0.1) is 17.1 Å². The summed E-state index contributed by atoms with van der Waals surface area (Å²) < 4.78 is 24.0. The minimum atomic E-state index is -0.471. The number of ether oxygens (including phenoxy) is 2. The average Bonchev–Trinajstić information content (AvgIpc) is 2.83. The summed E-state index contributed by atoms with van der Waals surface area (Å²) in [4.78, 5) is 2.26. The molecule has 0 spiro atoms. The Kier molecular flexibility index (Phi) is 5.07. The first-order chi connectivity index (χ1) is 9.67. The molecule has 0 bridgehead atoms. The third-order valence-electron chi connectivity index (χ3n) is 3.72. The highest BCUT2D eigenvalue weighted by molar-refractivity contribution is 5.34. The van der Waals surface area contributed by atoms with Crippen molar-refractivity contribution in [2.24, 2.45) is 0 Å². The van der Waals surface area contributed by atoms with Crippen molar-refractivity contribution in [3.05, 3.63) is 35.1 Å². The number of benzene rings is 1. The summed E-state index contributed by atoms with van der Waals surface area (Å²) in [7, 11) is 3.40. The van der Waals surface area contributed by atoms with E-state index in [9.17, 15) is 4.39 Å². The van der Waals surface area contributed by atoms with Crippen molar-refractivity contribution in [3.63, 3.8) is 0 Å². The summed E-state index contributed by atoms with van der Waals surface area (Å²) in [5.41, 5.74) is 1.02. The summed E-state index contributed by atoms with van der Waals surface area (Å²) in [5.74, 6) is -0.471. The van der Waals surface area contributed by atoms with Crippen LogP contribution >= 0.6 is 0 Å². The second kappa shape index (κ2) is 6.80. The van der Waals surface area contributed by atoms with Crippen LogP contribution in [0.3, 0.4) is 0 Å². The van der Waals surface area contributed by atoms with Gasteiger partial charge in [-0.05, 0) is 24.1 Å². The van der Waals surface area contributed by atoms with Crippen molar-refractivity contribution < 1.29 is 13.9 Å². The smallest absolute Gasteiger partial charge is 0.140 e. The molecule has 1 aromatic carbocycles. The summed E-state index contributed by atoms with van der Waals surface area (Å²) >= 11 is 0. The fraction of sp³-hybridized carbons (Fsp3) is 0.533. The Morgan fingerprint density at radius 2 is 2.25 bits per heavy atom. The van der Waals surface area contributed by atoms with Crippen LogP contribution in [-0.4, -0.2) is 44.4 Å². The number of hydrogen-bond acceptors (Lipinski definition) is 4. The predicted molar refractivity (Wildman–Crippen MR) is 72.6 cm³/mol. The van der Waals surface area contributed by atoms with E-state index in [-0.39, 0.29) is 11.7 Å². The molecule has 1 saturated heterocycles. The normalized spacial score (nSPS) is 22.9. The first-order valence-corrected chi connectivity index (χ1v) is 6.62. The Bertz CT molecular complexity index is 501. The zero-order valence-corrected chi connectivity index (χ0v) is 11.8. The molecular formula is C15H19FN2O2. The van der Waals surface area contributed by atoms with Crippen LogP contribution in [0.5, 0.6) is 0 Å². The Labute approximate surface area is 118 Å². The molecule has 4 nitrogen and oxygen atoms in total. The highest BCUT2D eigenvalue weighted by Gasteiger charge is 2.31. The minimum Gasteiger partial charge on any atom is -0.383 e. The number of methoxy groups -OCH3 is 2. The molecule has 2 rings (SSSR count). The minimum absolute atomic E-state index is 0.0910. The molecule has 1 fully saturated rings. The second-order valence-corrected chi connectivity index (χ2v) is 5.06. The van der Waals surface area contributed by atoms with Gasteiger partial charge < -0.3 is 9.47 Å². The van der Waals surface area contributed by atoms with Crippen molar-refractivity contribution in [1.29, 1.82) is 5.26 Å². The Hall–Kier alpha value is -1.48. The summed E-state index contributed by atoms with van der Waals surface area (Å²) in [6, 6.07) is 6.85. The van der Waals surface area contributed by atoms with Crippen LogP contribution < -0.4 is 0 Å². The summed E-state index contributed by atoms with van der Waals surface area (Å²) in [6.45, 7) is 2.14. The van der Waals surface area contributed by atoms with E-state index in [4.69, 9.17) is 14.7 Å². The van der Waals surface area contributed by atoms with Gasteiger partial charge in [-0.15, -0.1) is 0 Å². The zero-order chi connectivity index (χ0) is 14.5. The van der Waals surface area contributed by atoms with Gasteiger partial charge in [-0.1, -0.05) is 6.07 Å². The molecule has 0 N–H and O–H groups in total. The van der Waals surface area contributed by atoms with Gasteiger partial charge in [-0.25, -0.2) is 4.39 Å². The zero-order valence-electron chi connectivity index (χ0n) is 11.8. The maximum Gasteiger partial charge on any atom is 0.140 e. The Balaban J connectivity index is 2.09.